The molecule has 1 saturated heterocycles. The van der Waals surface area contributed by atoms with Gasteiger partial charge in [-0.25, -0.2) is 0 Å². The highest BCUT2D eigenvalue weighted by Crippen LogP contribution is 2.28. The van der Waals surface area contributed by atoms with Crippen molar-refractivity contribution >= 4 is 0 Å². The number of likely N-dealkylation sites (tertiary alicyclic amines) is 1. The van der Waals surface area contributed by atoms with E-state index < -0.39 is 0 Å². The van der Waals surface area contributed by atoms with Crippen molar-refractivity contribution in [1.82, 2.24) is 10.2 Å². The van der Waals surface area contributed by atoms with Gasteiger partial charge in [0.1, 0.15) is 0 Å². The molecule has 1 aliphatic heterocycles. The number of nitrogens with zero attached hydrogens (tertiary/aromatic N) is 1. The highest BCUT2D eigenvalue weighted by molar-refractivity contribution is 5.14. The van der Waals surface area contributed by atoms with E-state index in [0.29, 0.717) is 6.04 Å². The highest BCUT2D eigenvalue weighted by atomic mass is 15.2. The largest absolute Gasteiger partial charge is 0.312 e. The fourth-order valence-corrected chi connectivity index (χ4v) is 3.85. The van der Waals surface area contributed by atoms with E-state index in [2.05, 4.69) is 47.5 Å². The van der Waals surface area contributed by atoms with Crippen molar-refractivity contribution in [2.24, 2.45) is 11.8 Å². The molecule has 2 heteroatoms. The van der Waals surface area contributed by atoms with Gasteiger partial charge in [-0.2, -0.15) is 0 Å². The summed E-state index contributed by atoms with van der Waals surface area (Å²) in [6.45, 7) is 7.23. The number of hydrogen-bond acceptors (Lipinski definition) is 2. The minimum Gasteiger partial charge on any atom is -0.312 e. The van der Waals surface area contributed by atoms with Crippen LogP contribution in [0.5, 0.6) is 0 Å². The molecular formula is C19H30N2. The molecule has 1 aromatic carbocycles. The molecule has 0 amide bonds. The first-order valence-electron chi connectivity index (χ1n) is 8.79. The maximum absolute atomic E-state index is 3.84. The molecule has 2 fully saturated rings. The molecule has 0 radical (unpaired) electrons. The van der Waals surface area contributed by atoms with E-state index in [1.165, 1.54) is 57.3 Å². The summed E-state index contributed by atoms with van der Waals surface area (Å²) in [5.41, 5.74) is 1.44. The smallest absolute Gasteiger partial charge is 0.0234 e. The van der Waals surface area contributed by atoms with Crippen molar-refractivity contribution < 1.29 is 0 Å². The summed E-state index contributed by atoms with van der Waals surface area (Å²) in [5, 5.41) is 3.84. The van der Waals surface area contributed by atoms with Gasteiger partial charge in [0.2, 0.25) is 0 Å². The topological polar surface area (TPSA) is 15.3 Å². The molecule has 0 aromatic heterocycles. The summed E-state index contributed by atoms with van der Waals surface area (Å²) < 4.78 is 0. The zero-order valence-corrected chi connectivity index (χ0v) is 13.4. The van der Waals surface area contributed by atoms with Crippen molar-refractivity contribution in [3.63, 3.8) is 0 Å². The molecule has 2 aliphatic rings. The summed E-state index contributed by atoms with van der Waals surface area (Å²) in [7, 11) is 0. The first-order chi connectivity index (χ1) is 10.3. The van der Waals surface area contributed by atoms with E-state index in [0.717, 1.165) is 18.4 Å². The Labute approximate surface area is 129 Å². The summed E-state index contributed by atoms with van der Waals surface area (Å²) in [4.78, 5) is 2.59. The summed E-state index contributed by atoms with van der Waals surface area (Å²) in [5.74, 6) is 1.90. The second-order valence-corrected chi connectivity index (χ2v) is 7.24. The van der Waals surface area contributed by atoms with E-state index in [9.17, 15) is 0 Å². The monoisotopic (exact) mass is 286 g/mol. The van der Waals surface area contributed by atoms with Crippen molar-refractivity contribution in [3.8, 4) is 0 Å². The van der Waals surface area contributed by atoms with Gasteiger partial charge in [-0.05, 0) is 43.2 Å². The van der Waals surface area contributed by atoms with Crippen molar-refractivity contribution in [3.05, 3.63) is 35.9 Å². The maximum atomic E-state index is 3.84. The maximum Gasteiger partial charge on any atom is 0.0234 e. The Morgan fingerprint density at radius 1 is 1.05 bits per heavy atom. The van der Waals surface area contributed by atoms with Crippen LogP contribution in [0, 0.1) is 11.8 Å². The third kappa shape index (κ3) is 4.55. The zero-order valence-electron chi connectivity index (χ0n) is 13.4. The van der Waals surface area contributed by atoms with Gasteiger partial charge in [-0.1, -0.05) is 50.1 Å². The third-order valence-corrected chi connectivity index (χ3v) is 5.35. The fraction of sp³-hybridized carbons (Fsp3) is 0.684. The first-order valence-corrected chi connectivity index (χ1v) is 8.79. The molecule has 2 nitrogen and oxygen atoms in total. The SMILES string of the molecule is CC1CCC(CNC2CCN(Cc3ccccc3)C2)CC1. The second-order valence-electron chi connectivity index (χ2n) is 7.24. The average molecular weight is 286 g/mol. The third-order valence-electron chi connectivity index (χ3n) is 5.35. The molecule has 1 saturated carbocycles. The predicted molar refractivity (Wildman–Crippen MR) is 89.2 cm³/mol. The quantitative estimate of drug-likeness (QED) is 0.888. The second kappa shape index (κ2) is 7.42. The molecule has 1 atom stereocenters. The minimum atomic E-state index is 0.716. The minimum absolute atomic E-state index is 0.716. The average Bonchev–Trinajstić information content (AvgIpc) is 2.95. The molecule has 1 N–H and O–H groups in total. The lowest BCUT2D eigenvalue weighted by atomic mass is 9.83. The van der Waals surface area contributed by atoms with Crippen LogP contribution in [0.4, 0.5) is 0 Å². The lowest BCUT2D eigenvalue weighted by molar-refractivity contribution is 0.269. The standard InChI is InChI=1S/C19H30N2/c1-16-7-9-17(10-8-16)13-20-19-11-12-21(15-19)14-18-5-3-2-4-6-18/h2-6,16-17,19-20H,7-15H2,1H3. The first kappa shape index (κ1) is 15.1. The lowest BCUT2D eigenvalue weighted by Crippen LogP contribution is -2.36. The van der Waals surface area contributed by atoms with Gasteiger partial charge in [0.15, 0.2) is 0 Å². The van der Waals surface area contributed by atoms with Crippen LogP contribution in [-0.4, -0.2) is 30.6 Å². The van der Waals surface area contributed by atoms with Gasteiger partial charge in [0, 0.05) is 25.7 Å². The van der Waals surface area contributed by atoms with E-state index in [1.807, 2.05) is 0 Å². The fourth-order valence-electron chi connectivity index (χ4n) is 3.85. The molecule has 21 heavy (non-hydrogen) atoms. The number of nitrogens with one attached hydrogen (secondary N) is 1. The van der Waals surface area contributed by atoms with Gasteiger partial charge in [0.25, 0.3) is 0 Å². The Bertz CT molecular complexity index is 409. The number of hydrogen-bond donors (Lipinski definition) is 1. The Morgan fingerprint density at radius 3 is 2.57 bits per heavy atom. The van der Waals surface area contributed by atoms with Gasteiger partial charge >= 0.3 is 0 Å². The summed E-state index contributed by atoms with van der Waals surface area (Å²) >= 11 is 0. The van der Waals surface area contributed by atoms with Crippen LogP contribution < -0.4 is 5.32 Å². The van der Waals surface area contributed by atoms with Gasteiger partial charge in [-0.15, -0.1) is 0 Å². The van der Waals surface area contributed by atoms with E-state index >= 15 is 0 Å². The Kier molecular flexibility index (Phi) is 5.32. The zero-order chi connectivity index (χ0) is 14.5. The summed E-state index contributed by atoms with van der Waals surface area (Å²) in [6, 6.07) is 11.6. The van der Waals surface area contributed by atoms with Gasteiger partial charge in [-0.3, -0.25) is 4.90 Å². The number of benzene rings is 1. The molecule has 1 heterocycles. The molecule has 0 spiro atoms. The molecule has 116 valence electrons. The predicted octanol–water partition coefficient (Wildman–Crippen LogP) is 3.68. The highest BCUT2D eigenvalue weighted by Gasteiger charge is 2.24. The van der Waals surface area contributed by atoms with Crippen LogP contribution in [0.3, 0.4) is 0 Å². The van der Waals surface area contributed by atoms with E-state index in [4.69, 9.17) is 0 Å². The van der Waals surface area contributed by atoms with E-state index in [-0.39, 0.29) is 0 Å². The molecule has 1 aliphatic carbocycles. The van der Waals surface area contributed by atoms with Crippen LogP contribution in [-0.2, 0) is 6.54 Å². The van der Waals surface area contributed by atoms with Crippen LogP contribution in [0.25, 0.3) is 0 Å². The lowest BCUT2D eigenvalue weighted by Gasteiger charge is -2.27. The molecular weight excluding hydrogens is 256 g/mol. The van der Waals surface area contributed by atoms with Crippen molar-refractivity contribution in [1.29, 1.82) is 0 Å². The van der Waals surface area contributed by atoms with Gasteiger partial charge < -0.3 is 5.32 Å². The van der Waals surface area contributed by atoms with Crippen LogP contribution in [0.1, 0.15) is 44.6 Å². The normalized spacial score (nSPS) is 30.6. The van der Waals surface area contributed by atoms with Crippen molar-refractivity contribution in [2.75, 3.05) is 19.6 Å². The molecule has 1 aromatic rings. The molecule has 0 bridgehead atoms. The van der Waals surface area contributed by atoms with Gasteiger partial charge in [0.05, 0.1) is 0 Å². The Morgan fingerprint density at radius 2 is 1.81 bits per heavy atom. The van der Waals surface area contributed by atoms with Crippen LogP contribution in [0.15, 0.2) is 30.3 Å². The van der Waals surface area contributed by atoms with E-state index in [1.54, 1.807) is 0 Å². The van der Waals surface area contributed by atoms with Crippen molar-refractivity contribution in [2.45, 2.75) is 51.6 Å². The molecule has 1 unspecified atom stereocenters. The summed E-state index contributed by atoms with van der Waals surface area (Å²) in [6.07, 6.45) is 7.08. The molecule has 3 rings (SSSR count). The van der Waals surface area contributed by atoms with Crippen LogP contribution >= 0.6 is 0 Å². The van der Waals surface area contributed by atoms with Crippen LogP contribution in [0.2, 0.25) is 0 Å². The number of rotatable bonds is 5. The Hall–Kier alpha value is -0.860. The Balaban J connectivity index is 1.37.